The summed E-state index contributed by atoms with van der Waals surface area (Å²) < 4.78 is 12.5. The molecule has 3 fully saturated rings. The average Bonchev–Trinajstić information content (AvgIpc) is 3.22. The Morgan fingerprint density at radius 3 is 2.89 bits per heavy atom. The van der Waals surface area contributed by atoms with Gasteiger partial charge in [0.15, 0.2) is 0 Å². The molecule has 3 unspecified atom stereocenters. The van der Waals surface area contributed by atoms with Gasteiger partial charge in [0.2, 0.25) is 5.79 Å². The van der Waals surface area contributed by atoms with E-state index in [1.807, 2.05) is 19.9 Å². The smallest absolute Gasteiger partial charge is 0.263 e. The third kappa shape index (κ3) is 3.80. The van der Waals surface area contributed by atoms with Gasteiger partial charge >= 0.3 is 0 Å². The molecule has 2 aliphatic heterocycles. The van der Waals surface area contributed by atoms with Crippen LogP contribution in [-0.4, -0.2) is 59.0 Å². The summed E-state index contributed by atoms with van der Waals surface area (Å²) in [7, 11) is 0. The first kappa shape index (κ1) is 23.3. The molecule has 2 spiro atoms. The number of fused-ring (bicyclic) bond motifs is 2. The Bertz CT molecular complexity index is 1440. The number of hydrogen-bond donors (Lipinski definition) is 3. The first-order valence-electron chi connectivity index (χ1n) is 13.0. The van der Waals surface area contributed by atoms with Crippen molar-refractivity contribution in [3.8, 4) is 0 Å². The van der Waals surface area contributed by atoms with Crippen LogP contribution in [0.25, 0.3) is 10.2 Å². The lowest BCUT2D eigenvalue weighted by Gasteiger charge is -2.27. The number of amides is 1. The first-order valence-corrected chi connectivity index (χ1v) is 13.9. The normalized spacial score (nSPS) is 27.8. The number of hydrogen-bond acceptors (Lipinski definition) is 9. The quantitative estimate of drug-likeness (QED) is 0.481. The van der Waals surface area contributed by atoms with Gasteiger partial charge in [-0.3, -0.25) is 4.79 Å². The molecule has 1 saturated carbocycles. The number of nitrogens with two attached hydrogens (primary N) is 2. The van der Waals surface area contributed by atoms with Crippen molar-refractivity contribution < 1.29 is 14.3 Å². The van der Waals surface area contributed by atoms with Crippen LogP contribution < -0.4 is 21.7 Å². The van der Waals surface area contributed by atoms with Gasteiger partial charge in [0, 0.05) is 29.4 Å². The van der Waals surface area contributed by atoms with E-state index in [0.717, 1.165) is 65.1 Å². The minimum absolute atomic E-state index is 0.0338. The molecule has 37 heavy (non-hydrogen) atoms. The lowest BCUT2D eigenvalue weighted by Crippen LogP contribution is -2.48. The molecule has 5 N–H and O–H groups in total. The van der Waals surface area contributed by atoms with Crippen molar-refractivity contribution in [3.05, 3.63) is 45.6 Å². The first-order chi connectivity index (χ1) is 17.7. The monoisotopic (exact) mass is 520 g/mol. The Morgan fingerprint density at radius 1 is 1.27 bits per heavy atom. The molecule has 0 radical (unpaired) electrons. The third-order valence-electron chi connectivity index (χ3n) is 8.31. The maximum atomic E-state index is 13.2. The molecule has 3 atom stereocenters. The molecule has 0 bridgehead atoms. The molecule has 3 aromatic rings. The van der Waals surface area contributed by atoms with Gasteiger partial charge in [0.1, 0.15) is 15.5 Å². The van der Waals surface area contributed by atoms with E-state index in [-0.39, 0.29) is 23.6 Å². The predicted octanol–water partition coefficient (Wildman–Crippen LogP) is 2.60. The number of ether oxygens (including phenoxy) is 2. The molecule has 3 aromatic heterocycles. The summed E-state index contributed by atoms with van der Waals surface area (Å²) in [6.07, 6.45) is 4.49. The SMILES string of the molecule is Cc1cc(C)c2c(N)c(C(=O)NC3CCc4nc(N5CC(N)C6(C5)OCC5(CC5)O6)ccc4C3)sc2n1. The summed E-state index contributed by atoms with van der Waals surface area (Å²) in [5.41, 5.74) is 17.5. The zero-order chi connectivity index (χ0) is 25.5. The Morgan fingerprint density at radius 2 is 2.11 bits per heavy atom. The van der Waals surface area contributed by atoms with Crippen molar-refractivity contribution in [2.75, 3.05) is 30.3 Å². The molecule has 1 amide bonds. The maximum Gasteiger partial charge on any atom is 0.263 e. The highest BCUT2D eigenvalue weighted by atomic mass is 32.1. The Balaban J connectivity index is 1.04. The molecule has 4 aliphatic rings. The van der Waals surface area contributed by atoms with E-state index in [0.29, 0.717) is 30.3 Å². The Labute approximate surface area is 219 Å². The zero-order valence-electron chi connectivity index (χ0n) is 21.2. The summed E-state index contributed by atoms with van der Waals surface area (Å²) in [5.74, 6) is 0.0654. The van der Waals surface area contributed by atoms with E-state index in [1.165, 1.54) is 16.9 Å². The molecule has 2 aliphatic carbocycles. The van der Waals surface area contributed by atoms with Crippen LogP contribution in [-0.2, 0) is 22.3 Å². The molecular formula is C27H32N6O3S. The molecule has 0 aromatic carbocycles. The number of nitrogen functional groups attached to an aromatic ring is 1. The lowest BCUT2D eigenvalue weighted by atomic mass is 9.91. The van der Waals surface area contributed by atoms with Crippen molar-refractivity contribution >= 4 is 39.0 Å². The minimum Gasteiger partial charge on any atom is -0.397 e. The van der Waals surface area contributed by atoms with Crippen LogP contribution >= 0.6 is 11.3 Å². The highest BCUT2D eigenvalue weighted by Gasteiger charge is 2.62. The number of carbonyl (C=O) groups excluding carboxylic acids is 1. The average molecular weight is 521 g/mol. The second-order valence-corrected chi connectivity index (χ2v) is 12.2. The topological polar surface area (TPSA) is 129 Å². The third-order valence-corrected chi connectivity index (χ3v) is 9.41. The Kier molecular flexibility index (Phi) is 5.11. The minimum atomic E-state index is -0.718. The number of carbonyl (C=O) groups is 1. The van der Waals surface area contributed by atoms with Crippen LogP contribution in [0.15, 0.2) is 18.2 Å². The van der Waals surface area contributed by atoms with Crippen molar-refractivity contribution in [1.82, 2.24) is 15.3 Å². The number of rotatable bonds is 3. The van der Waals surface area contributed by atoms with Crippen LogP contribution in [0.4, 0.5) is 11.5 Å². The van der Waals surface area contributed by atoms with E-state index in [4.69, 9.17) is 25.9 Å². The van der Waals surface area contributed by atoms with Crippen molar-refractivity contribution in [3.63, 3.8) is 0 Å². The van der Waals surface area contributed by atoms with E-state index in [9.17, 15) is 4.79 Å². The fourth-order valence-corrected chi connectivity index (χ4v) is 7.23. The number of pyridine rings is 2. The molecule has 2 saturated heterocycles. The van der Waals surface area contributed by atoms with Crippen LogP contribution in [0.5, 0.6) is 0 Å². The maximum absolute atomic E-state index is 13.2. The number of nitrogens with zero attached hydrogens (tertiary/aromatic N) is 3. The van der Waals surface area contributed by atoms with Crippen LogP contribution in [0.1, 0.15) is 51.4 Å². The molecule has 9 nitrogen and oxygen atoms in total. The highest BCUT2D eigenvalue weighted by Crippen LogP contribution is 2.51. The van der Waals surface area contributed by atoms with Crippen molar-refractivity contribution in [2.45, 2.75) is 69.4 Å². The summed E-state index contributed by atoms with van der Waals surface area (Å²) in [6, 6.07) is 6.02. The van der Waals surface area contributed by atoms with Gasteiger partial charge in [-0.25, -0.2) is 9.97 Å². The van der Waals surface area contributed by atoms with E-state index < -0.39 is 5.79 Å². The van der Waals surface area contributed by atoms with Crippen LogP contribution in [0, 0.1) is 13.8 Å². The number of aryl methyl sites for hydroxylation is 3. The fraction of sp³-hybridized carbons (Fsp3) is 0.519. The summed E-state index contributed by atoms with van der Waals surface area (Å²) in [5, 5.41) is 4.09. The Hall–Kier alpha value is -2.79. The number of thiophene rings is 1. The standard InChI is InChI=1S/C27H32N6O3S/c1-14-9-15(2)30-25-21(14)22(29)23(37-25)24(34)31-17-4-5-18-16(10-17)3-6-20(32-18)33-11-19(28)27(12-33)35-13-26(36-27)7-8-26/h3,6,9,17,19H,4-5,7-8,10-13,28-29H2,1-2H3,(H,31,34). The molecule has 194 valence electrons. The van der Waals surface area contributed by atoms with Crippen LogP contribution in [0.2, 0.25) is 0 Å². The van der Waals surface area contributed by atoms with E-state index >= 15 is 0 Å². The number of aromatic nitrogens is 2. The molecule has 10 heteroatoms. The van der Waals surface area contributed by atoms with Crippen LogP contribution in [0.3, 0.4) is 0 Å². The number of nitrogens with one attached hydrogen (secondary N) is 1. The summed E-state index contributed by atoms with van der Waals surface area (Å²) in [6.45, 7) is 5.86. The second-order valence-electron chi connectivity index (χ2n) is 11.2. The van der Waals surface area contributed by atoms with Gasteiger partial charge in [0.25, 0.3) is 5.91 Å². The van der Waals surface area contributed by atoms with E-state index in [2.05, 4.69) is 27.3 Å². The highest BCUT2D eigenvalue weighted by molar-refractivity contribution is 7.21. The molecule has 7 rings (SSSR count). The largest absolute Gasteiger partial charge is 0.397 e. The van der Waals surface area contributed by atoms with Crippen molar-refractivity contribution in [1.29, 1.82) is 0 Å². The van der Waals surface area contributed by atoms with Gasteiger partial charge in [0.05, 0.1) is 30.5 Å². The van der Waals surface area contributed by atoms with Gasteiger partial charge in [-0.1, -0.05) is 6.07 Å². The zero-order valence-corrected chi connectivity index (χ0v) is 22.0. The lowest BCUT2D eigenvalue weighted by molar-refractivity contribution is -0.163. The van der Waals surface area contributed by atoms with Gasteiger partial charge in [-0.15, -0.1) is 11.3 Å². The predicted molar refractivity (Wildman–Crippen MR) is 143 cm³/mol. The van der Waals surface area contributed by atoms with Gasteiger partial charge in [-0.05, 0) is 69.2 Å². The second kappa shape index (κ2) is 8.10. The van der Waals surface area contributed by atoms with Crippen molar-refractivity contribution in [2.24, 2.45) is 5.73 Å². The van der Waals surface area contributed by atoms with Gasteiger partial charge < -0.3 is 31.2 Å². The van der Waals surface area contributed by atoms with Gasteiger partial charge in [-0.2, -0.15) is 0 Å². The number of anilines is 2. The summed E-state index contributed by atoms with van der Waals surface area (Å²) in [4.78, 5) is 26.3. The fourth-order valence-electron chi connectivity index (χ4n) is 6.11. The molecular weight excluding hydrogens is 488 g/mol. The molecule has 5 heterocycles. The summed E-state index contributed by atoms with van der Waals surface area (Å²) >= 11 is 1.37. The van der Waals surface area contributed by atoms with E-state index in [1.54, 1.807) is 0 Å².